The molecule has 0 amide bonds. The van der Waals surface area contributed by atoms with Gasteiger partial charge in [-0.05, 0) is 13.8 Å². The Morgan fingerprint density at radius 1 is 1.44 bits per heavy atom. The van der Waals surface area contributed by atoms with Gasteiger partial charge in [0.15, 0.2) is 0 Å². The highest BCUT2D eigenvalue weighted by Gasteiger charge is 2.09. The van der Waals surface area contributed by atoms with E-state index in [1.54, 1.807) is 4.68 Å². The maximum Gasteiger partial charge on any atom is 0.225 e. The van der Waals surface area contributed by atoms with Gasteiger partial charge in [-0.3, -0.25) is 0 Å². The van der Waals surface area contributed by atoms with Crippen LogP contribution in [0.2, 0.25) is 0 Å². The normalized spacial score (nSPS) is 13.0. The first-order valence-corrected chi connectivity index (χ1v) is 5.11. The first kappa shape index (κ1) is 10.7. The molecule has 7 nitrogen and oxygen atoms in total. The minimum atomic E-state index is 0.0569. The van der Waals surface area contributed by atoms with Crippen molar-refractivity contribution in [3.8, 4) is 0 Å². The molecule has 1 unspecified atom stereocenters. The van der Waals surface area contributed by atoms with Crippen LogP contribution in [0.1, 0.15) is 12.6 Å². The van der Waals surface area contributed by atoms with E-state index in [2.05, 4.69) is 25.6 Å². The molecule has 0 fully saturated rings. The molecule has 0 bridgehead atoms. The zero-order chi connectivity index (χ0) is 11.7. The topological polar surface area (TPSA) is 94.5 Å². The Kier molecular flexibility index (Phi) is 2.69. The number of rotatable bonds is 3. The Balaban J connectivity index is 2.35. The molecule has 0 aliphatic rings. The number of nitrogens with two attached hydrogens (primary N) is 1. The average Bonchev–Trinajstić information content (AvgIpc) is 2.58. The largest absolute Gasteiger partial charge is 0.353 e. The van der Waals surface area contributed by atoms with Crippen molar-refractivity contribution in [3.05, 3.63) is 5.69 Å². The van der Waals surface area contributed by atoms with E-state index in [9.17, 15) is 0 Å². The molecule has 16 heavy (non-hydrogen) atoms. The quantitative estimate of drug-likeness (QED) is 0.747. The van der Waals surface area contributed by atoms with Crippen LogP contribution in [0, 0.1) is 6.92 Å². The van der Waals surface area contributed by atoms with Gasteiger partial charge in [-0.15, -0.1) is 5.10 Å². The summed E-state index contributed by atoms with van der Waals surface area (Å²) < 4.78 is 1.67. The van der Waals surface area contributed by atoms with Crippen LogP contribution in [0.3, 0.4) is 0 Å². The van der Waals surface area contributed by atoms with Gasteiger partial charge in [0.25, 0.3) is 0 Å². The van der Waals surface area contributed by atoms with Crippen LogP contribution in [0.5, 0.6) is 0 Å². The third-order valence-corrected chi connectivity index (χ3v) is 2.22. The number of fused-ring (bicyclic) bond motifs is 1. The summed E-state index contributed by atoms with van der Waals surface area (Å²) in [7, 11) is 1.82. The maximum absolute atomic E-state index is 5.64. The molecule has 1 atom stereocenters. The lowest BCUT2D eigenvalue weighted by molar-refractivity contribution is 0.733. The van der Waals surface area contributed by atoms with Gasteiger partial charge in [0, 0.05) is 19.6 Å². The van der Waals surface area contributed by atoms with E-state index in [-0.39, 0.29) is 6.04 Å². The fourth-order valence-electron chi connectivity index (χ4n) is 1.49. The minimum Gasteiger partial charge on any atom is -0.353 e. The van der Waals surface area contributed by atoms with Gasteiger partial charge in [-0.2, -0.15) is 4.98 Å². The lowest BCUT2D eigenvalue weighted by Crippen LogP contribution is -2.26. The minimum absolute atomic E-state index is 0.0569. The third kappa shape index (κ3) is 1.94. The second-order valence-corrected chi connectivity index (χ2v) is 3.88. The van der Waals surface area contributed by atoms with Crippen LogP contribution in [0.25, 0.3) is 11.2 Å². The van der Waals surface area contributed by atoms with Crippen molar-refractivity contribution in [2.75, 3.05) is 11.9 Å². The second-order valence-electron chi connectivity index (χ2n) is 3.88. The van der Waals surface area contributed by atoms with Crippen molar-refractivity contribution in [1.82, 2.24) is 25.0 Å². The average molecular weight is 221 g/mol. The van der Waals surface area contributed by atoms with E-state index in [1.165, 1.54) is 0 Å². The van der Waals surface area contributed by atoms with E-state index >= 15 is 0 Å². The van der Waals surface area contributed by atoms with Crippen LogP contribution in [-0.4, -0.2) is 37.5 Å². The predicted molar refractivity (Wildman–Crippen MR) is 61.0 cm³/mol. The van der Waals surface area contributed by atoms with Crippen molar-refractivity contribution in [2.24, 2.45) is 12.8 Å². The Morgan fingerprint density at radius 2 is 2.19 bits per heavy atom. The molecule has 0 spiro atoms. The zero-order valence-corrected chi connectivity index (χ0v) is 9.60. The summed E-state index contributed by atoms with van der Waals surface area (Å²) in [6, 6.07) is 0.0569. The lowest BCUT2D eigenvalue weighted by Gasteiger charge is -2.07. The summed E-state index contributed by atoms with van der Waals surface area (Å²) in [6.07, 6.45) is 0. The highest BCUT2D eigenvalue weighted by molar-refractivity contribution is 5.73. The summed E-state index contributed by atoms with van der Waals surface area (Å²) in [5, 5.41) is 10.9. The molecule has 2 aromatic heterocycles. The number of nitrogens with one attached hydrogen (secondary N) is 1. The van der Waals surface area contributed by atoms with Crippen LogP contribution in [0.4, 0.5) is 5.95 Å². The Morgan fingerprint density at radius 3 is 2.88 bits per heavy atom. The molecule has 7 heteroatoms. The number of aromatic nitrogens is 5. The summed E-state index contributed by atoms with van der Waals surface area (Å²) in [5.74, 6) is 0.544. The fraction of sp³-hybridized carbons (Fsp3) is 0.556. The van der Waals surface area contributed by atoms with Gasteiger partial charge in [0.1, 0.15) is 5.52 Å². The molecular weight excluding hydrogens is 206 g/mol. The number of hydrogen-bond acceptors (Lipinski definition) is 6. The molecule has 2 rings (SSSR count). The summed E-state index contributed by atoms with van der Waals surface area (Å²) in [6.45, 7) is 4.45. The van der Waals surface area contributed by atoms with Gasteiger partial charge >= 0.3 is 0 Å². The number of nitrogens with zero attached hydrogens (tertiary/aromatic N) is 5. The molecule has 0 aromatic carbocycles. The van der Waals surface area contributed by atoms with Crippen molar-refractivity contribution >= 4 is 17.1 Å². The summed E-state index contributed by atoms with van der Waals surface area (Å²) in [4.78, 5) is 8.58. The Hall–Kier alpha value is -1.76. The van der Waals surface area contributed by atoms with Crippen molar-refractivity contribution in [1.29, 1.82) is 0 Å². The molecule has 0 saturated carbocycles. The van der Waals surface area contributed by atoms with Crippen molar-refractivity contribution in [3.63, 3.8) is 0 Å². The molecular formula is C9H15N7. The Bertz CT molecular complexity index is 502. The zero-order valence-electron chi connectivity index (χ0n) is 9.60. The smallest absolute Gasteiger partial charge is 0.225 e. The van der Waals surface area contributed by atoms with Gasteiger partial charge in [0.2, 0.25) is 11.6 Å². The van der Waals surface area contributed by atoms with E-state index < -0.39 is 0 Å². The molecule has 2 heterocycles. The summed E-state index contributed by atoms with van der Waals surface area (Å²) >= 11 is 0. The standard InChI is InChI=1S/C9H15N7/c1-5(10)4-11-9-12-6(2)7-8(13-9)14-15-16(7)3/h5H,4,10H2,1-3H3,(H,11,12,13). The monoisotopic (exact) mass is 221 g/mol. The molecule has 0 radical (unpaired) electrons. The van der Waals surface area contributed by atoms with E-state index in [0.717, 1.165) is 11.2 Å². The van der Waals surface area contributed by atoms with Gasteiger partial charge in [-0.1, -0.05) is 5.21 Å². The molecule has 0 saturated heterocycles. The number of hydrogen-bond donors (Lipinski definition) is 2. The maximum atomic E-state index is 5.64. The van der Waals surface area contributed by atoms with E-state index in [1.807, 2.05) is 20.9 Å². The van der Waals surface area contributed by atoms with E-state index in [4.69, 9.17) is 5.73 Å². The highest BCUT2D eigenvalue weighted by atomic mass is 15.4. The first-order valence-electron chi connectivity index (χ1n) is 5.11. The SMILES string of the molecule is Cc1nc(NCC(C)N)nc2nnn(C)c12. The van der Waals surface area contributed by atoms with Crippen molar-refractivity contribution < 1.29 is 0 Å². The highest BCUT2D eigenvalue weighted by Crippen LogP contribution is 2.13. The van der Waals surface area contributed by atoms with Gasteiger partial charge in [-0.25, -0.2) is 9.67 Å². The first-order chi connectivity index (χ1) is 7.58. The fourth-order valence-corrected chi connectivity index (χ4v) is 1.49. The van der Waals surface area contributed by atoms with E-state index in [0.29, 0.717) is 18.1 Å². The van der Waals surface area contributed by atoms with Gasteiger partial charge in [0.05, 0.1) is 5.69 Å². The lowest BCUT2D eigenvalue weighted by atomic mass is 10.3. The molecule has 86 valence electrons. The Labute approximate surface area is 93.1 Å². The molecule has 0 aliphatic heterocycles. The second kappa shape index (κ2) is 4.01. The molecule has 0 aliphatic carbocycles. The van der Waals surface area contributed by atoms with Crippen LogP contribution >= 0.6 is 0 Å². The molecule has 2 aromatic rings. The number of aryl methyl sites for hydroxylation is 2. The van der Waals surface area contributed by atoms with Crippen LogP contribution in [0.15, 0.2) is 0 Å². The predicted octanol–water partition coefficient (Wildman–Crippen LogP) is -0.174. The third-order valence-electron chi connectivity index (χ3n) is 2.22. The number of anilines is 1. The molecule has 3 N–H and O–H groups in total. The van der Waals surface area contributed by atoms with Crippen LogP contribution < -0.4 is 11.1 Å². The van der Waals surface area contributed by atoms with Gasteiger partial charge < -0.3 is 11.1 Å². The van der Waals surface area contributed by atoms with Crippen LogP contribution in [-0.2, 0) is 7.05 Å². The van der Waals surface area contributed by atoms with Crippen molar-refractivity contribution in [2.45, 2.75) is 19.9 Å². The summed E-state index contributed by atoms with van der Waals surface area (Å²) in [5.41, 5.74) is 7.95.